The van der Waals surface area contributed by atoms with Crippen LogP contribution in [0.4, 0.5) is 0 Å². The fourth-order valence-corrected chi connectivity index (χ4v) is 2.73. The van der Waals surface area contributed by atoms with Crippen molar-refractivity contribution in [2.75, 3.05) is 26.2 Å². The Bertz CT molecular complexity index is 591. The predicted molar refractivity (Wildman–Crippen MR) is 85.1 cm³/mol. The lowest BCUT2D eigenvalue weighted by Crippen LogP contribution is -2.40. The van der Waals surface area contributed by atoms with Gasteiger partial charge in [0, 0.05) is 25.4 Å². The minimum absolute atomic E-state index is 0.0388. The average molecular weight is 321 g/mol. The second kappa shape index (κ2) is 8.47. The largest absolute Gasteiger partial charge is 0.481 e. The number of nitrogens with zero attached hydrogens (tertiary/aromatic N) is 2. The summed E-state index contributed by atoms with van der Waals surface area (Å²) in [5.74, 6) is -0.519. The summed E-state index contributed by atoms with van der Waals surface area (Å²) in [5, 5.41) is 11.6. The highest BCUT2D eigenvalue weighted by molar-refractivity contribution is 5.75. The fraction of sp³-hybridized carbons (Fsp3) is 0.562. The number of hydrogen-bond donors (Lipinski definition) is 2. The summed E-state index contributed by atoms with van der Waals surface area (Å²) in [5.41, 5.74) is -0.186. The zero-order valence-corrected chi connectivity index (χ0v) is 13.1. The maximum absolute atomic E-state index is 11.9. The number of aliphatic carboxylic acids is 1. The molecule has 0 unspecified atom stereocenters. The van der Waals surface area contributed by atoms with E-state index in [0.29, 0.717) is 19.0 Å². The van der Waals surface area contributed by atoms with E-state index < -0.39 is 5.97 Å². The summed E-state index contributed by atoms with van der Waals surface area (Å²) in [6, 6.07) is 4.80. The first kappa shape index (κ1) is 17.2. The quantitative estimate of drug-likeness (QED) is 0.746. The van der Waals surface area contributed by atoms with Crippen LogP contribution in [0.15, 0.2) is 29.2 Å². The molecule has 126 valence electrons. The lowest BCUT2D eigenvalue weighted by atomic mass is 9.96. The van der Waals surface area contributed by atoms with E-state index in [0.717, 1.165) is 25.9 Å². The van der Waals surface area contributed by atoms with Crippen molar-refractivity contribution in [2.24, 2.45) is 5.92 Å². The molecule has 0 atom stereocenters. The second-order valence-electron chi connectivity index (χ2n) is 5.90. The van der Waals surface area contributed by atoms with Gasteiger partial charge in [0.2, 0.25) is 5.91 Å². The number of amides is 1. The Morgan fingerprint density at radius 2 is 2.00 bits per heavy atom. The number of nitrogens with one attached hydrogen (secondary N) is 1. The molecule has 2 N–H and O–H groups in total. The van der Waals surface area contributed by atoms with Gasteiger partial charge < -0.3 is 19.9 Å². The highest BCUT2D eigenvalue weighted by Crippen LogP contribution is 2.16. The molecule has 23 heavy (non-hydrogen) atoms. The second-order valence-corrected chi connectivity index (χ2v) is 5.90. The average Bonchev–Trinajstić information content (AvgIpc) is 2.54. The van der Waals surface area contributed by atoms with Gasteiger partial charge >= 0.3 is 5.97 Å². The first-order valence-corrected chi connectivity index (χ1v) is 7.91. The molecule has 1 aromatic heterocycles. The van der Waals surface area contributed by atoms with E-state index in [1.54, 1.807) is 18.3 Å². The van der Waals surface area contributed by atoms with Gasteiger partial charge in [0.1, 0.15) is 6.54 Å². The Balaban J connectivity index is 1.67. The van der Waals surface area contributed by atoms with Gasteiger partial charge in [0.05, 0.1) is 6.42 Å². The summed E-state index contributed by atoms with van der Waals surface area (Å²) >= 11 is 0. The molecule has 1 saturated heterocycles. The Labute approximate surface area is 134 Å². The maximum atomic E-state index is 11.9. The van der Waals surface area contributed by atoms with Crippen LogP contribution in [-0.2, 0) is 16.1 Å². The van der Waals surface area contributed by atoms with Gasteiger partial charge in [-0.25, -0.2) is 0 Å². The van der Waals surface area contributed by atoms with Crippen molar-refractivity contribution in [1.82, 2.24) is 14.8 Å². The molecule has 1 aliphatic rings. The van der Waals surface area contributed by atoms with Crippen molar-refractivity contribution in [1.29, 1.82) is 0 Å². The molecule has 1 aliphatic heterocycles. The SMILES string of the molecule is O=C(O)CCN1CCC(CNC(=O)Cn2ccccc2=O)CC1. The Morgan fingerprint density at radius 3 is 2.65 bits per heavy atom. The summed E-state index contributed by atoms with van der Waals surface area (Å²) in [6.45, 7) is 2.97. The molecule has 0 spiro atoms. The number of carbonyl (C=O) groups excluding carboxylic acids is 1. The normalized spacial score (nSPS) is 16.2. The number of likely N-dealkylation sites (tertiary alicyclic amines) is 1. The van der Waals surface area contributed by atoms with Crippen LogP contribution in [0.25, 0.3) is 0 Å². The third-order valence-corrected chi connectivity index (χ3v) is 4.15. The molecule has 7 nitrogen and oxygen atoms in total. The minimum atomic E-state index is -0.768. The van der Waals surface area contributed by atoms with Crippen LogP contribution in [0, 0.1) is 5.92 Å². The van der Waals surface area contributed by atoms with Gasteiger partial charge in [-0.05, 0) is 37.9 Å². The first-order chi connectivity index (χ1) is 11.0. The standard InChI is InChI=1S/C16H23N3O4/c20-14(12-19-7-2-1-3-15(19)21)17-11-13-4-8-18(9-5-13)10-6-16(22)23/h1-3,7,13H,4-6,8-12H2,(H,17,20)(H,22,23). The number of aromatic nitrogens is 1. The number of pyridine rings is 1. The number of carbonyl (C=O) groups is 2. The van der Waals surface area contributed by atoms with Crippen molar-refractivity contribution in [2.45, 2.75) is 25.8 Å². The number of hydrogen-bond acceptors (Lipinski definition) is 4. The van der Waals surface area contributed by atoms with Crippen molar-refractivity contribution >= 4 is 11.9 Å². The van der Waals surface area contributed by atoms with Crippen LogP contribution < -0.4 is 10.9 Å². The van der Waals surface area contributed by atoms with E-state index in [4.69, 9.17) is 5.11 Å². The summed E-state index contributed by atoms with van der Waals surface area (Å²) < 4.78 is 1.38. The molecule has 0 aromatic carbocycles. The molecule has 0 radical (unpaired) electrons. The zero-order chi connectivity index (χ0) is 16.7. The van der Waals surface area contributed by atoms with Crippen molar-refractivity contribution < 1.29 is 14.7 Å². The van der Waals surface area contributed by atoms with E-state index in [-0.39, 0.29) is 24.4 Å². The van der Waals surface area contributed by atoms with E-state index in [9.17, 15) is 14.4 Å². The third kappa shape index (κ3) is 5.86. The number of carboxylic acids is 1. The van der Waals surface area contributed by atoms with Gasteiger partial charge in [-0.2, -0.15) is 0 Å². The fourth-order valence-electron chi connectivity index (χ4n) is 2.73. The molecule has 1 aromatic rings. The minimum Gasteiger partial charge on any atom is -0.481 e. The van der Waals surface area contributed by atoms with Gasteiger partial charge in [0.15, 0.2) is 0 Å². The van der Waals surface area contributed by atoms with Crippen LogP contribution in [-0.4, -0.2) is 52.6 Å². The first-order valence-electron chi connectivity index (χ1n) is 7.91. The molecule has 0 aliphatic carbocycles. The zero-order valence-electron chi connectivity index (χ0n) is 13.1. The van der Waals surface area contributed by atoms with E-state index in [2.05, 4.69) is 10.2 Å². The summed E-state index contributed by atoms with van der Waals surface area (Å²) in [4.78, 5) is 36.2. The smallest absolute Gasteiger partial charge is 0.304 e. The van der Waals surface area contributed by atoms with E-state index in [1.807, 2.05) is 0 Å². The topological polar surface area (TPSA) is 91.6 Å². The molecule has 0 bridgehead atoms. The molecule has 1 amide bonds. The number of rotatable bonds is 7. The Kier molecular flexibility index (Phi) is 6.34. The maximum Gasteiger partial charge on any atom is 0.304 e. The van der Waals surface area contributed by atoms with Gasteiger partial charge in [0.25, 0.3) is 5.56 Å². The van der Waals surface area contributed by atoms with Crippen LogP contribution in [0.1, 0.15) is 19.3 Å². The van der Waals surface area contributed by atoms with Crippen LogP contribution >= 0.6 is 0 Å². The Hall–Kier alpha value is -2.15. The van der Waals surface area contributed by atoms with Crippen LogP contribution in [0.5, 0.6) is 0 Å². The summed E-state index contributed by atoms with van der Waals surface area (Å²) in [6.07, 6.45) is 3.67. The number of piperidine rings is 1. The van der Waals surface area contributed by atoms with E-state index >= 15 is 0 Å². The Morgan fingerprint density at radius 1 is 1.26 bits per heavy atom. The van der Waals surface area contributed by atoms with Crippen LogP contribution in [0.2, 0.25) is 0 Å². The highest BCUT2D eigenvalue weighted by Gasteiger charge is 2.20. The van der Waals surface area contributed by atoms with Crippen molar-refractivity contribution in [3.8, 4) is 0 Å². The molecular formula is C16H23N3O4. The lowest BCUT2D eigenvalue weighted by Gasteiger charge is -2.31. The third-order valence-electron chi connectivity index (χ3n) is 4.15. The highest BCUT2D eigenvalue weighted by atomic mass is 16.4. The molecule has 0 saturated carbocycles. The number of carboxylic acid groups (broad SMARTS) is 1. The monoisotopic (exact) mass is 321 g/mol. The van der Waals surface area contributed by atoms with Crippen molar-refractivity contribution in [3.63, 3.8) is 0 Å². The van der Waals surface area contributed by atoms with Gasteiger partial charge in [-0.3, -0.25) is 14.4 Å². The molecule has 2 heterocycles. The molecule has 7 heteroatoms. The van der Waals surface area contributed by atoms with Crippen molar-refractivity contribution in [3.05, 3.63) is 34.7 Å². The molecular weight excluding hydrogens is 298 g/mol. The molecule has 2 rings (SSSR count). The lowest BCUT2D eigenvalue weighted by molar-refractivity contribution is -0.137. The van der Waals surface area contributed by atoms with E-state index in [1.165, 1.54) is 10.6 Å². The van der Waals surface area contributed by atoms with Gasteiger partial charge in [-0.1, -0.05) is 6.07 Å². The predicted octanol–water partition coefficient (Wildman–Crippen LogP) is 0.151. The van der Waals surface area contributed by atoms with Crippen LogP contribution in [0.3, 0.4) is 0 Å². The summed E-state index contributed by atoms with van der Waals surface area (Å²) in [7, 11) is 0. The van der Waals surface area contributed by atoms with Gasteiger partial charge in [-0.15, -0.1) is 0 Å². The molecule has 1 fully saturated rings.